The summed E-state index contributed by atoms with van der Waals surface area (Å²) in [5.41, 5.74) is 4.13. The third kappa shape index (κ3) is 5.30. The van der Waals surface area contributed by atoms with Gasteiger partial charge in [0.15, 0.2) is 0 Å². The number of amides is 2. The number of imidazole rings is 1. The molecule has 0 radical (unpaired) electrons. The first kappa shape index (κ1) is 22.7. The summed E-state index contributed by atoms with van der Waals surface area (Å²) in [6.45, 7) is 5.82. The summed E-state index contributed by atoms with van der Waals surface area (Å²) in [6, 6.07) is 26.7. The van der Waals surface area contributed by atoms with E-state index in [-0.39, 0.29) is 24.9 Å². The Bertz CT molecular complexity index is 1280. The van der Waals surface area contributed by atoms with E-state index in [1.54, 1.807) is 18.2 Å². The van der Waals surface area contributed by atoms with Crippen LogP contribution in [0.1, 0.15) is 15.9 Å². The molecule has 1 N–H and O–H groups in total. The highest BCUT2D eigenvalue weighted by Crippen LogP contribution is 2.24. The number of aryl methyl sites for hydroxylation is 1. The summed E-state index contributed by atoms with van der Waals surface area (Å²) in [4.78, 5) is 32.1. The molecule has 3 aromatic carbocycles. The van der Waals surface area contributed by atoms with Gasteiger partial charge in [0.1, 0.15) is 6.54 Å². The van der Waals surface area contributed by atoms with E-state index in [1.165, 1.54) is 4.90 Å². The summed E-state index contributed by atoms with van der Waals surface area (Å²) in [5, 5.41) is 2.89. The smallest absolute Gasteiger partial charge is 0.254 e. The number of aromatic nitrogens is 2. The maximum atomic E-state index is 13.0. The molecule has 0 aliphatic rings. The molecule has 34 heavy (non-hydrogen) atoms. The maximum absolute atomic E-state index is 13.0. The van der Waals surface area contributed by atoms with Gasteiger partial charge in [-0.3, -0.25) is 19.5 Å². The summed E-state index contributed by atoms with van der Waals surface area (Å²) < 4.78 is 1.83. The van der Waals surface area contributed by atoms with Gasteiger partial charge in [0.2, 0.25) is 11.9 Å². The molecule has 2 amide bonds. The predicted octanol–water partition coefficient (Wildman–Crippen LogP) is 5.11. The first-order chi connectivity index (χ1) is 16.5. The van der Waals surface area contributed by atoms with Crippen LogP contribution < -0.4 is 5.32 Å². The molecule has 4 aromatic rings. The Morgan fingerprint density at radius 2 is 1.62 bits per heavy atom. The van der Waals surface area contributed by atoms with Gasteiger partial charge < -0.3 is 4.90 Å². The van der Waals surface area contributed by atoms with E-state index in [9.17, 15) is 9.59 Å². The van der Waals surface area contributed by atoms with Crippen LogP contribution in [0.3, 0.4) is 0 Å². The van der Waals surface area contributed by atoms with Gasteiger partial charge in [0, 0.05) is 29.6 Å². The number of carbonyl (C=O) groups excluding carboxylic acids is 2. The number of nitrogens with zero attached hydrogens (tertiary/aromatic N) is 3. The molecule has 0 fully saturated rings. The first-order valence-corrected chi connectivity index (χ1v) is 11.0. The van der Waals surface area contributed by atoms with Crippen LogP contribution in [0.2, 0.25) is 0 Å². The van der Waals surface area contributed by atoms with Crippen LogP contribution in [0.4, 0.5) is 5.95 Å². The van der Waals surface area contributed by atoms with Crippen LogP contribution in [0.5, 0.6) is 0 Å². The van der Waals surface area contributed by atoms with Gasteiger partial charge in [-0.25, -0.2) is 4.98 Å². The summed E-state index contributed by atoms with van der Waals surface area (Å²) in [6.07, 6.45) is 3.50. The van der Waals surface area contributed by atoms with Crippen molar-refractivity contribution in [3.05, 3.63) is 115 Å². The second-order valence-electron chi connectivity index (χ2n) is 7.91. The lowest BCUT2D eigenvalue weighted by atomic mass is 10.1. The van der Waals surface area contributed by atoms with E-state index >= 15 is 0 Å². The molecule has 170 valence electrons. The Kier molecular flexibility index (Phi) is 6.98. The molecule has 0 saturated carbocycles. The van der Waals surface area contributed by atoms with E-state index in [0.29, 0.717) is 11.5 Å². The van der Waals surface area contributed by atoms with Crippen molar-refractivity contribution in [1.82, 2.24) is 14.5 Å². The SMILES string of the molecule is C=CCN(CC(=O)Nc1nc(-c2ccccc2)cn1-c1ccccc1)C(=O)c1ccc(C)cc1. The van der Waals surface area contributed by atoms with Crippen molar-refractivity contribution in [3.63, 3.8) is 0 Å². The molecule has 0 aliphatic carbocycles. The fourth-order valence-electron chi connectivity index (χ4n) is 3.59. The fourth-order valence-corrected chi connectivity index (χ4v) is 3.59. The second kappa shape index (κ2) is 10.4. The van der Waals surface area contributed by atoms with E-state index < -0.39 is 0 Å². The molecule has 0 spiro atoms. The molecule has 4 rings (SSSR count). The first-order valence-electron chi connectivity index (χ1n) is 11.0. The van der Waals surface area contributed by atoms with Crippen LogP contribution in [0.15, 0.2) is 104 Å². The summed E-state index contributed by atoms with van der Waals surface area (Å²) in [5.74, 6) is -0.187. The minimum atomic E-state index is -0.343. The Balaban J connectivity index is 1.58. The lowest BCUT2D eigenvalue weighted by molar-refractivity contribution is -0.116. The third-order valence-corrected chi connectivity index (χ3v) is 5.33. The predicted molar refractivity (Wildman–Crippen MR) is 135 cm³/mol. The number of carbonyl (C=O) groups is 2. The van der Waals surface area contributed by atoms with Crippen molar-refractivity contribution in [2.45, 2.75) is 6.92 Å². The molecule has 6 nitrogen and oxygen atoms in total. The quantitative estimate of drug-likeness (QED) is 0.379. The number of hydrogen-bond acceptors (Lipinski definition) is 3. The normalized spacial score (nSPS) is 10.5. The van der Waals surface area contributed by atoms with Crippen LogP contribution in [0, 0.1) is 6.92 Å². The largest absolute Gasteiger partial charge is 0.326 e. The maximum Gasteiger partial charge on any atom is 0.254 e. The molecular formula is C28H26N4O2. The van der Waals surface area contributed by atoms with Crippen molar-refractivity contribution in [1.29, 1.82) is 0 Å². The number of rotatable bonds is 8. The zero-order valence-electron chi connectivity index (χ0n) is 19.0. The van der Waals surface area contributed by atoms with E-state index in [2.05, 4.69) is 16.9 Å². The van der Waals surface area contributed by atoms with E-state index in [4.69, 9.17) is 0 Å². The van der Waals surface area contributed by atoms with Gasteiger partial charge in [-0.1, -0.05) is 72.3 Å². The molecule has 0 saturated heterocycles. The second-order valence-corrected chi connectivity index (χ2v) is 7.91. The van der Waals surface area contributed by atoms with E-state index in [0.717, 1.165) is 22.5 Å². The molecular weight excluding hydrogens is 424 g/mol. The fraction of sp³-hybridized carbons (Fsp3) is 0.107. The van der Waals surface area contributed by atoms with Crippen LogP contribution >= 0.6 is 0 Å². The van der Waals surface area contributed by atoms with Crippen molar-refractivity contribution in [3.8, 4) is 16.9 Å². The van der Waals surface area contributed by atoms with Gasteiger partial charge in [-0.05, 0) is 31.2 Å². The number of hydrogen-bond donors (Lipinski definition) is 1. The molecule has 1 heterocycles. The summed E-state index contributed by atoms with van der Waals surface area (Å²) in [7, 11) is 0. The summed E-state index contributed by atoms with van der Waals surface area (Å²) >= 11 is 0. The number of anilines is 1. The Morgan fingerprint density at radius 3 is 2.26 bits per heavy atom. The molecule has 0 bridgehead atoms. The Labute approximate surface area is 199 Å². The van der Waals surface area contributed by atoms with Crippen LogP contribution in [0.25, 0.3) is 16.9 Å². The van der Waals surface area contributed by atoms with Crippen LogP contribution in [-0.2, 0) is 4.79 Å². The lowest BCUT2D eigenvalue weighted by Crippen LogP contribution is -2.38. The average Bonchev–Trinajstić information content (AvgIpc) is 3.28. The standard InChI is InChI=1S/C28H26N4O2/c1-3-18-31(27(34)23-16-14-21(2)15-17-23)20-26(33)30-28-29-25(22-10-6-4-7-11-22)19-32(28)24-12-8-5-9-13-24/h3-17,19H,1,18,20H2,2H3,(H,29,30,33). The molecule has 0 unspecified atom stereocenters. The zero-order valence-corrected chi connectivity index (χ0v) is 19.0. The number of benzene rings is 3. The van der Waals surface area contributed by atoms with Gasteiger partial charge >= 0.3 is 0 Å². The highest BCUT2D eigenvalue weighted by atomic mass is 16.2. The monoisotopic (exact) mass is 450 g/mol. The minimum Gasteiger partial charge on any atom is -0.326 e. The van der Waals surface area contributed by atoms with Gasteiger partial charge in [-0.15, -0.1) is 6.58 Å². The molecule has 1 aromatic heterocycles. The Hall–Kier alpha value is -4.45. The minimum absolute atomic E-state index is 0.124. The van der Waals surface area contributed by atoms with Crippen molar-refractivity contribution >= 4 is 17.8 Å². The van der Waals surface area contributed by atoms with Crippen molar-refractivity contribution < 1.29 is 9.59 Å². The average molecular weight is 451 g/mol. The van der Waals surface area contributed by atoms with Crippen molar-refractivity contribution in [2.24, 2.45) is 0 Å². The van der Waals surface area contributed by atoms with Crippen LogP contribution in [-0.4, -0.2) is 39.4 Å². The molecule has 0 aliphatic heterocycles. The van der Waals surface area contributed by atoms with Crippen molar-refractivity contribution in [2.75, 3.05) is 18.4 Å². The number of para-hydroxylation sites is 1. The topological polar surface area (TPSA) is 67.2 Å². The van der Waals surface area contributed by atoms with Gasteiger partial charge in [0.25, 0.3) is 5.91 Å². The highest BCUT2D eigenvalue weighted by molar-refractivity contribution is 5.99. The van der Waals surface area contributed by atoms with E-state index in [1.807, 2.05) is 90.5 Å². The highest BCUT2D eigenvalue weighted by Gasteiger charge is 2.20. The number of nitrogens with one attached hydrogen (secondary N) is 1. The molecule has 0 atom stereocenters. The van der Waals surface area contributed by atoms with Gasteiger partial charge in [0.05, 0.1) is 5.69 Å². The van der Waals surface area contributed by atoms with Gasteiger partial charge in [-0.2, -0.15) is 0 Å². The Morgan fingerprint density at radius 1 is 0.971 bits per heavy atom. The zero-order chi connectivity index (χ0) is 23.9. The third-order valence-electron chi connectivity index (χ3n) is 5.33. The lowest BCUT2D eigenvalue weighted by Gasteiger charge is -2.21. The molecule has 6 heteroatoms.